The normalized spacial score (nSPS) is 10.1. The Labute approximate surface area is 158 Å². The van der Waals surface area contributed by atoms with E-state index in [1.165, 1.54) is 0 Å². The summed E-state index contributed by atoms with van der Waals surface area (Å²) in [4.78, 5) is 22.4. The summed E-state index contributed by atoms with van der Waals surface area (Å²) in [7, 11) is 1.77. The van der Waals surface area contributed by atoms with Crippen LogP contribution in [-0.2, 0) is 6.42 Å². The fourth-order valence-corrected chi connectivity index (χ4v) is 2.53. The number of nitrogens with one attached hydrogen (secondary N) is 1. The summed E-state index contributed by atoms with van der Waals surface area (Å²) in [6.07, 6.45) is 5.89. The van der Waals surface area contributed by atoms with Gasteiger partial charge in [0.1, 0.15) is 5.69 Å². The van der Waals surface area contributed by atoms with Crippen LogP contribution in [0.3, 0.4) is 0 Å². The number of nitrogens with zero attached hydrogens (tertiary/aromatic N) is 4. The standard InChI is InChI=1S/C21H19N5O/c1-26(13-10-16-8-11-23-12-9-16)21(27)20-7-6-19(15-24-20)25-18-4-2-17(14-22)3-5-18/h2-9,11-12,15,25H,10,13H2,1H3. The molecule has 1 amide bonds. The molecule has 0 bridgehead atoms. The van der Waals surface area contributed by atoms with E-state index in [0.29, 0.717) is 17.8 Å². The van der Waals surface area contributed by atoms with E-state index in [2.05, 4.69) is 21.4 Å². The van der Waals surface area contributed by atoms with Crippen LogP contribution in [0.2, 0.25) is 0 Å². The summed E-state index contributed by atoms with van der Waals surface area (Å²) in [6, 6.07) is 16.6. The maximum Gasteiger partial charge on any atom is 0.272 e. The Kier molecular flexibility index (Phi) is 5.75. The van der Waals surface area contributed by atoms with Gasteiger partial charge in [-0.25, -0.2) is 4.98 Å². The molecule has 0 radical (unpaired) electrons. The number of amides is 1. The van der Waals surface area contributed by atoms with Gasteiger partial charge in [0.05, 0.1) is 23.5 Å². The van der Waals surface area contributed by atoms with Crippen LogP contribution in [0, 0.1) is 11.3 Å². The van der Waals surface area contributed by atoms with Crippen LogP contribution in [0.1, 0.15) is 21.6 Å². The van der Waals surface area contributed by atoms with Gasteiger partial charge in [0.15, 0.2) is 0 Å². The number of carbonyl (C=O) groups excluding carboxylic acids is 1. The highest BCUT2D eigenvalue weighted by Crippen LogP contribution is 2.16. The molecule has 0 saturated carbocycles. The molecule has 0 aliphatic carbocycles. The third kappa shape index (κ3) is 4.89. The van der Waals surface area contributed by atoms with Gasteiger partial charge in [0.2, 0.25) is 0 Å². The summed E-state index contributed by atoms with van der Waals surface area (Å²) in [6.45, 7) is 0.607. The van der Waals surface area contributed by atoms with Gasteiger partial charge in [-0.2, -0.15) is 5.26 Å². The molecule has 6 heteroatoms. The zero-order chi connectivity index (χ0) is 19.1. The number of hydrogen-bond donors (Lipinski definition) is 1. The van der Waals surface area contributed by atoms with Gasteiger partial charge in [-0.05, 0) is 60.5 Å². The van der Waals surface area contributed by atoms with Crippen LogP contribution >= 0.6 is 0 Å². The molecule has 2 aromatic heterocycles. The average Bonchev–Trinajstić information content (AvgIpc) is 2.73. The van der Waals surface area contributed by atoms with E-state index < -0.39 is 0 Å². The highest BCUT2D eigenvalue weighted by molar-refractivity contribution is 5.92. The first-order chi connectivity index (χ1) is 13.2. The zero-order valence-electron chi connectivity index (χ0n) is 15.0. The minimum Gasteiger partial charge on any atom is -0.354 e. The Balaban J connectivity index is 1.58. The molecule has 6 nitrogen and oxygen atoms in total. The minimum absolute atomic E-state index is 0.117. The van der Waals surface area contributed by atoms with Gasteiger partial charge in [0, 0.05) is 31.7 Å². The molecule has 0 fully saturated rings. The molecule has 0 spiro atoms. The third-order valence-corrected chi connectivity index (χ3v) is 4.12. The molecule has 27 heavy (non-hydrogen) atoms. The summed E-state index contributed by atoms with van der Waals surface area (Å²) in [5, 5.41) is 12.0. The third-order valence-electron chi connectivity index (χ3n) is 4.12. The van der Waals surface area contributed by atoms with Crippen molar-refractivity contribution in [2.45, 2.75) is 6.42 Å². The van der Waals surface area contributed by atoms with E-state index in [4.69, 9.17) is 5.26 Å². The van der Waals surface area contributed by atoms with Crippen molar-refractivity contribution in [3.8, 4) is 6.07 Å². The van der Waals surface area contributed by atoms with Crippen molar-refractivity contribution in [3.05, 3.63) is 83.9 Å². The quantitative estimate of drug-likeness (QED) is 0.731. The number of hydrogen-bond acceptors (Lipinski definition) is 5. The van der Waals surface area contributed by atoms with Crippen LogP contribution in [0.4, 0.5) is 11.4 Å². The molecule has 0 unspecified atom stereocenters. The predicted molar refractivity (Wildman–Crippen MR) is 104 cm³/mol. The van der Waals surface area contributed by atoms with E-state index in [9.17, 15) is 4.79 Å². The lowest BCUT2D eigenvalue weighted by molar-refractivity contribution is 0.0791. The Bertz CT molecular complexity index is 931. The Morgan fingerprint density at radius 2 is 1.78 bits per heavy atom. The van der Waals surface area contributed by atoms with Gasteiger partial charge in [-0.1, -0.05) is 0 Å². The molecule has 0 aliphatic rings. The molecule has 1 N–H and O–H groups in total. The average molecular weight is 357 g/mol. The van der Waals surface area contributed by atoms with Gasteiger partial charge in [-0.15, -0.1) is 0 Å². The first kappa shape index (κ1) is 18.1. The fraction of sp³-hybridized carbons (Fsp3) is 0.143. The Morgan fingerprint density at radius 3 is 2.41 bits per heavy atom. The van der Waals surface area contributed by atoms with Gasteiger partial charge in [-0.3, -0.25) is 9.78 Å². The molecule has 0 atom stereocenters. The van der Waals surface area contributed by atoms with Gasteiger partial charge >= 0.3 is 0 Å². The van der Waals surface area contributed by atoms with E-state index in [1.54, 1.807) is 48.7 Å². The number of likely N-dealkylation sites (N-methyl/N-ethyl adjacent to an activating group) is 1. The fourth-order valence-electron chi connectivity index (χ4n) is 2.53. The number of pyridine rings is 2. The maximum atomic E-state index is 12.5. The molecular formula is C21H19N5O. The summed E-state index contributed by atoms with van der Waals surface area (Å²) in [5.74, 6) is -0.117. The van der Waals surface area contributed by atoms with Gasteiger partial charge in [0.25, 0.3) is 5.91 Å². The SMILES string of the molecule is CN(CCc1ccncc1)C(=O)c1ccc(Nc2ccc(C#N)cc2)cn1. The summed E-state index contributed by atoms with van der Waals surface area (Å²) < 4.78 is 0. The monoisotopic (exact) mass is 357 g/mol. The van der Waals surface area contributed by atoms with Gasteiger partial charge < -0.3 is 10.2 Å². The topological polar surface area (TPSA) is 81.9 Å². The maximum absolute atomic E-state index is 12.5. The van der Waals surface area contributed by atoms with Crippen LogP contribution in [0.25, 0.3) is 0 Å². The molecule has 0 aliphatic heterocycles. The number of benzene rings is 1. The van der Waals surface area contributed by atoms with Crippen LogP contribution in [-0.4, -0.2) is 34.4 Å². The van der Waals surface area contributed by atoms with E-state index in [1.807, 2.05) is 30.3 Å². The van der Waals surface area contributed by atoms with E-state index in [0.717, 1.165) is 23.4 Å². The summed E-state index contributed by atoms with van der Waals surface area (Å²) in [5.41, 5.74) is 3.77. The van der Waals surface area contributed by atoms with E-state index >= 15 is 0 Å². The second kappa shape index (κ2) is 8.59. The Hall–Kier alpha value is -3.72. The number of nitriles is 1. The first-order valence-corrected chi connectivity index (χ1v) is 8.53. The zero-order valence-corrected chi connectivity index (χ0v) is 15.0. The molecule has 3 aromatic rings. The molecule has 134 valence electrons. The molecular weight excluding hydrogens is 338 g/mol. The second-order valence-corrected chi connectivity index (χ2v) is 6.08. The lowest BCUT2D eigenvalue weighted by Gasteiger charge is -2.17. The molecule has 3 rings (SSSR count). The van der Waals surface area contributed by atoms with E-state index in [-0.39, 0.29) is 5.91 Å². The molecule has 0 saturated heterocycles. The van der Waals surface area contributed by atoms with Crippen molar-refractivity contribution in [3.63, 3.8) is 0 Å². The lowest BCUT2D eigenvalue weighted by atomic mass is 10.2. The van der Waals surface area contributed by atoms with Crippen LogP contribution in [0.15, 0.2) is 67.1 Å². The van der Waals surface area contributed by atoms with Crippen molar-refractivity contribution < 1.29 is 4.79 Å². The number of rotatable bonds is 6. The lowest BCUT2D eigenvalue weighted by Crippen LogP contribution is -2.29. The number of anilines is 2. The van der Waals surface area contributed by atoms with Crippen LogP contribution < -0.4 is 5.32 Å². The smallest absolute Gasteiger partial charge is 0.272 e. The van der Waals surface area contributed by atoms with Crippen molar-refractivity contribution in [2.75, 3.05) is 18.9 Å². The van der Waals surface area contributed by atoms with Crippen molar-refractivity contribution in [1.82, 2.24) is 14.9 Å². The van der Waals surface area contributed by atoms with Crippen molar-refractivity contribution in [1.29, 1.82) is 5.26 Å². The Morgan fingerprint density at radius 1 is 1.07 bits per heavy atom. The molecule has 1 aromatic carbocycles. The van der Waals surface area contributed by atoms with Crippen molar-refractivity contribution in [2.24, 2.45) is 0 Å². The summed E-state index contributed by atoms with van der Waals surface area (Å²) >= 11 is 0. The minimum atomic E-state index is -0.117. The molecule has 2 heterocycles. The highest BCUT2D eigenvalue weighted by atomic mass is 16.2. The van der Waals surface area contributed by atoms with Crippen LogP contribution in [0.5, 0.6) is 0 Å². The first-order valence-electron chi connectivity index (χ1n) is 8.53. The second-order valence-electron chi connectivity index (χ2n) is 6.08. The van der Waals surface area contributed by atoms with Crippen molar-refractivity contribution >= 4 is 17.3 Å². The number of aromatic nitrogens is 2. The largest absolute Gasteiger partial charge is 0.354 e. The predicted octanol–water partition coefficient (Wildman–Crippen LogP) is 3.41. The number of carbonyl (C=O) groups is 1. The highest BCUT2D eigenvalue weighted by Gasteiger charge is 2.13.